The summed E-state index contributed by atoms with van der Waals surface area (Å²) in [5, 5.41) is 0.464. The van der Waals surface area contributed by atoms with Crippen LogP contribution in [0.5, 0.6) is 0 Å². The van der Waals surface area contributed by atoms with Crippen LogP contribution in [-0.2, 0) is 6.42 Å². The summed E-state index contributed by atoms with van der Waals surface area (Å²) in [7, 11) is 0. The number of hydrogen-bond acceptors (Lipinski definition) is 4. The number of rotatable bonds is 3. The third kappa shape index (κ3) is 2.29. The predicted molar refractivity (Wildman–Crippen MR) is 53.6 cm³/mol. The summed E-state index contributed by atoms with van der Waals surface area (Å²) in [6.07, 6.45) is 1.80. The van der Waals surface area contributed by atoms with Gasteiger partial charge in [0.2, 0.25) is 0 Å². The first-order chi connectivity index (χ1) is 6.19. The molecule has 0 fully saturated rings. The van der Waals surface area contributed by atoms with E-state index < -0.39 is 0 Å². The predicted octanol–water partition coefficient (Wildman–Crippen LogP) is 1.68. The zero-order valence-corrected chi connectivity index (χ0v) is 8.52. The molecule has 0 aliphatic heterocycles. The van der Waals surface area contributed by atoms with Crippen molar-refractivity contribution >= 4 is 17.4 Å². The lowest BCUT2D eigenvalue weighted by atomic mass is 10.3. The lowest BCUT2D eigenvalue weighted by Crippen LogP contribution is -2.12. The Balaban J connectivity index is 3.06. The number of nitrogens with two attached hydrogens (primary N) is 1. The summed E-state index contributed by atoms with van der Waals surface area (Å²) in [6.45, 7) is 3.89. The highest BCUT2D eigenvalue weighted by Crippen LogP contribution is 2.19. The van der Waals surface area contributed by atoms with Crippen molar-refractivity contribution in [2.75, 3.05) is 5.43 Å². The third-order valence-corrected chi connectivity index (χ3v) is 2.11. The second-order valence-electron chi connectivity index (χ2n) is 2.80. The van der Waals surface area contributed by atoms with Crippen molar-refractivity contribution < 1.29 is 0 Å². The van der Waals surface area contributed by atoms with Crippen LogP contribution in [0.15, 0.2) is 0 Å². The quantitative estimate of drug-likeness (QED) is 0.443. The topological polar surface area (TPSA) is 63.8 Å². The molecule has 72 valence electrons. The molecule has 1 aromatic rings. The van der Waals surface area contributed by atoms with E-state index in [4.69, 9.17) is 17.4 Å². The smallest absolute Gasteiger partial charge is 0.148 e. The molecule has 0 saturated carbocycles. The van der Waals surface area contributed by atoms with E-state index in [-0.39, 0.29) is 0 Å². The Hall–Kier alpha value is -0.870. The highest BCUT2D eigenvalue weighted by atomic mass is 35.5. The van der Waals surface area contributed by atoms with E-state index in [1.54, 1.807) is 0 Å². The largest absolute Gasteiger partial charge is 0.308 e. The van der Waals surface area contributed by atoms with E-state index in [0.717, 1.165) is 24.2 Å². The van der Waals surface area contributed by atoms with Gasteiger partial charge in [0.05, 0.1) is 0 Å². The highest BCUT2D eigenvalue weighted by molar-refractivity contribution is 6.30. The minimum absolute atomic E-state index is 0.464. The van der Waals surface area contributed by atoms with Crippen LogP contribution >= 0.6 is 11.6 Å². The zero-order valence-electron chi connectivity index (χ0n) is 7.76. The highest BCUT2D eigenvalue weighted by Gasteiger charge is 2.07. The van der Waals surface area contributed by atoms with Crippen LogP contribution in [0.4, 0.5) is 5.82 Å². The maximum absolute atomic E-state index is 5.89. The van der Waals surface area contributed by atoms with Crippen molar-refractivity contribution in [1.82, 2.24) is 9.97 Å². The third-order valence-electron chi connectivity index (χ3n) is 1.74. The van der Waals surface area contributed by atoms with Crippen molar-refractivity contribution in [3.8, 4) is 0 Å². The first kappa shape index (κ1) is 10.2. The zero-order chi connectivity index (χ0) is 9.84. The molecule has 0 amide bonds. The van der Waals surface area contributed by atoms with Gasteiger partial charge in [0.25, 0.3) is 0 Å². The Bertz CT molecular complexity index is 300. The van der Waals surface area contributed by atoms with E-state index in [2.05, 4.69) is 22.3 Å². The number of hydrazine groups is 1. The second kappa shape index (κ2) is 4.39. The summed E-state index contributed by atoms with van der Waals surface area (Å²) in [5.74, 6) is 6.61. The average molecular weight is 201 g/mol. The van der Waals surface area contributed by atoms with Crippen LogP contribution in [0.1, 0.15) is 24.7 Å². The van der Waals surface area contributed by atoms with Gasteiger partial charge in [0, 0.05) is 12.0 Å². The van der Waals surface area contributed by atoms with E-state index in [1.807, 2.05) is 6.92 Å². The first-order valence-electron chi connectivity index (χ1n) is 4.18. The Morgan fingerprint density at radius 1 is 1.46 bits per heavy atom. The summed E-state index contributed by atoms with van der Waals surface area (Å²) in [5.41, 5.74) is 3.28. The van der Waals surface area contributed by atoms with Crippen LogP contribution < -0.4 is 11.3 Å². The lowest BCUT2D eigenvalue weighted by Gasteiger charge is -2.07. The Labute approximate surface area is 82.5 Å². The van der Waals surface area contributed by atoms with Gasteiger partial charge in [0.1, 0.15) is 16.8 Å². The number of halogens is 1. The molecular formula is C8H13ClN4. The van der Waals surface area contributed by atoms with Gasteiger partial charge < -0.3 is 5.43 Å². The molecule has 0 aromatic carbocycles. The molecule has 13 heavy (non-hydrogen) atoms. The number of nitrogens with zero attached hydrogens (tertiary/aromatic N) is 2. The Morgan fingerprint density at radius 3 is 2.69 bits per heavy atom. The summed E-state index contributed by atoms with van der Waals surface area (Å²) in [4.78, 5) is 8.34. The molecule has 0 saturated heterocycles. The van der Waals surface area contributed by atoms with Crippen LogP contribution in [0, 0.1) is 6.92 Å². The average Bonchev–Trinajstić information content (AvgIpc) is 2.11. The fourth-order valence-electron chi connectivity index (χ4n) is 1.01. The minimum Gasteiger partial charge on any atom is -0.308 e. The van der Waals surface area contributed by atoms with Crippen LogP contribution in [0.2, 0.25) is 5.15 Å². The molecule has 0 bridgehead atoms. The molecular weight excluding hydrogens is 188 g/mol. The SMILES string of the molecule is CCCc1nc(Cl)c(C)c(NN)n1. The van der Waals surface area contributed by atoms with Crippen molar-refractivity contribution in [2.45, 2.75) is 26.7 Å². The first-order valence-corrected chi connectivity index (χ1v) is 4.56. The molecule has 0 aliphatic carbocycles. The number of nitrogens with one attached hydrogen (secondary N) is 1. The van der Waals surface area contributed by atoms with Gasteiger partial charge in [-0.25, -0.2) is 15.8 Å². The van der Waals surface area contributed by atoms with Crippen LogP contribution in [0.3, 0.4) is 0 Å². The van der Waals surface area contributed by atoms with Crippen LogP contribution in [-0.4, -0.2) is 9.97 Å². The molecule has 0 spiro atoms. The van der Waals surface area contributed by atoms with Crippen LogP contribution in [0.25, 0.3) is 0 Å². The summed E-state index contributed by atoms with van der Waals surface area (Å²) >= 11 is 5.89. The molecule has 1 heterocycles. The van der Waals surface area contributed by atoms with Crippen molar-refractivity contribution in [1.29, 1.82) is 0 Å². The molecule has 0 radical (unpaired) electrons. The van der Waals surface area contributed by atoms with Crippen molar-refractivity contribution in [2.24, 2.45) is 5.84 Å². The maximum atomic E-state index is 5.89. The number of nitrogen functional groups attached to an aromatic ring is 1. The molecule has 0 aliphatic rings. The van der Waals surface area contributed by atoms with Gasteiger partial charge in [-0.05, 0) is 13.3 Å². The number of aromatic nitrogens is 2. The Morgan fingerprint density at radius 2 is 2.15 bits per heavy atom. The molecule has 0 unspecified atom stereocenters. The molecule has 1 aromatic heterocycles. The van der Waals surface area contributed by atoms with Gasteiger partial charge in [-0.2, -0.15) is 0 Å². The van der Waals surface area contributed by atoms with E-state index in [1.165, 1.54) is 0 Å². The molecule has 4 nitrogen and oxygen atoms in total. The van der Waals surface area contributed by atoms with Gasteiger partial charge in [-0.3, -0.25) is 0 Å². The molecule has 0 atom stereocenters. The fourth-order valence-corrected chi connectivity index (χ4v) is 1.20. The number of anilines is 1. The minimum atomic E-state index is 0.464. The Kier molecular flexibility index (Phi) is 3.45. The fraction of sp³-hybridized carbons (Fsp3) is 0.500. The molecule has 3 N–H and O–H groups in total. The van der Waals surface area contributed by atoms with Crippen molar-refractivity contribution in [3.05, 3.63) is 16.5 Å². The number of aryl methyl sites for hydroxylation is 1. The van der Waals surface area contributed by atoms with Gasteiger partial charge in [-0.15, -0.1) is 0 Å². The maximum Gasteiger partial charge on any atom is 0.148 e. The summed E-state index contributed by atoms with van der Waals surface area (Å²) in [6, 6.07) is 0. The van der Waals surface area contributed by atoms with Gasteiger partial charge >= 0.3 is 0 Å². The van der Waals surface area contributed by atoms with E-state index >= 15 is 0 Å². The van der Waals surface area contributed by atoms with Gasteiger partial charge in [0.15, 0.2) is 0 Å². The standard InChI is InChI=1S/C8H13ClN4/c1-3-4-6-11-7(9)5(2)8(12-6)13-10/h3-4,10H2,1-2H3,(H,11,12,13). The molecule has 1 rings (SSSR count). The van der Waals surface area contributed by atoms with E-state index in [9.17, 15) is 0 Å². The number of hydrogen-bond donors (Lipinski definition) is 2. The second-order valence-corrected chi connectivity index (χ2v) is 3.16. The van der Waals surface area contributed by atoms with E-state index in [0.29, 0.717) is 11.0 Å². The normalized spacial score (nSPS) is 10.2. The summed E-state index contributed by atoms with van der Waals surface area (Å²) < 4.78 is 0. The van der Waals surface area contributed by atoms with Crippen molar-refractivity contribution in [3.63, 3.8) is 0 Å². The lowest BCUT2D eigenvalue weighted by molar-refractivity contribution is 0.831. The van der Waals surface area contributed by atoms with Gasteiger partial charge in [-0.1, -0.05) is 18.5 Å². The monoisotopic (exact) mass is 200 g/mol. The molecule has 5 heteroatoms.